The largest absolute Gasteiger partial charge is 0.311 e. The summed E-state index contributed by atoms with van der Waals surface area (Å²) in [6.45, 7) is 0. The summed E-state index contributed by atoms with van der Waals surface area (Å²) in [7, 11) is 0. The van der Waals surface area contributed by atoms with Gasteiger partial charge in [-0.3, -0.25) is 0 Å². The average Bonchev–Trinajstić information content (AvgIpc) is 1.58. The molecule has 0 radical (unpaired) electrons. The summed E-state index contributed by atoms with van der Waals surface area (Å²) in [5.74, 6) is 0. The second-order valence-electron chi connectivity index (χ2n) is 24.9. The molecule has 2 heterocycles. The summed E-state index contributed by atoms with van der Waals surface area (Å²) in [4.78, 5) is 4.74. The van der Waals surface area contributed by atoms with E-state index in [1.54, 1.807) is 0 Å². The van der Waals surface area contributed by atoms with Crippen molar-refractivity contribution >= 4 is 99.3 Å². The fourth-order valence-electron chi connectivity index (χ4n) is 14.5. The van der Waals surface area contributed by atoms with E-state index in [0.29, 0.717) is 0 Å². The highest BCUT2D eigenvalue weighted by Crippen LogP contribution is 2.43. The Bertz CT molecular complexity index is 5800. The molecule has 0 saturated heterocycles. The second kappa shape index (κ2) is 23.7. The van der Waals surface area contributed by atoms with Crippen molar-refractivity contribution in [1.82, 2.24) is 9.13 Å². The molecular formula is C92H62N4. The number of anilines is 6. The first-order valence-electron chi connectivity index (χ1n) is 32.9. The number of hydrogen-bond acceptors (Lipinski definition) is 2. The Labute approximate surface area is 558 Å². The van der Waals surface area contributed by atoms with Crippen LogP contribution in [0.15, 0.2) is 376 Å². The second-order valence-corrected chi connectivity index (χ2v) is 24.9. The Hall–Kier alpha value is -12.8. The van der Waals surface area contributed by atoms with Crippen molar-refractivity contribution in [3.8, 4) is 67.0 Å². The molecule has 0 spiro atoms. The molecule has 450 valence electrons. The summed E-state index contributed by atoms with van der Waals surface area (Å²) in [5.41, 5.74) is 25.3. The van der Waals surface area contributed by atoms with E-state index in [2.05, 4.69) is 395 Å². The van der Waals surface area contributed by atoms with Crippen LogP contribution < -0.4 is 9.80 Å². The van der Waals surface area contributed by atoms with Gasteiger partial charge in [-0.25, -0.2) is 0 Å². The summed E-state index contributed by atoms with van der Waals surface area (Å²) in [6, 6.07) is 137. The Kier molecular flexibility index (Phi) is 13.8. The SMILES string of the molecule is c1ccc(-c2ccc(N(c3ccc(-c4ccc5cc(-c6cccc(N(c7ccc(-c8ccc(-n9c%10ccccc%10c%10ccccc%109)cc8)cc7)c7ccc(-c8ccc9ccccc9c8)cc7)c6)ccc5c4)cc3)c3ccc(-n4c5ccccc5c5ccccc54)cc3)cc2)cc1. The number of hydrogen-bond donors (Lipinski definition) is 0. The number of fused-ring (bicyclic) bond motifs is 8. The maximum absolute atomic E-state index is 2.38. The maximum Gasteiger partial charge on any atom is 0.0541 e. The molecule has 0 bridgehead atoms. The van der Waals surface area contributed by atoms with Crippen molar-refractivity contribution in [2.45, 2.75) is 0 Å². The molecule has 0 aliphatic rings. The molecule has 4 nitrogen and oxygen atoms in total. The van der Waals surface area contributed by atoms with Gasteiger partial charge in [0.05, 0.1) is 22.1 Å². The third-order valence-corrected chi connectivity index (χ3v) is 19.3. The van der Waals surface area contributed by atoms with Crippen molar-refractivity contribution in [3.63, 3.8) is 0 Å². The molecule has 2 aromatic heterocycles. The Balaban J connectivity index is 0.645. The third kappa shape index (κ3) is 10.1. The smallest absolute Gasteiger partial charge is 0.0541 e. The third-order valence-electron chi connectivity index (χ3n) is 19.3. The van der Waals surface area contributed by atoms with Crippen LogP contribution in [-0.2, 0) is 0 Å². The predicted octanol–water partition coefficient (Wildman–Crippen LogP) is 25.5. The molecule has 18 rings (SSSR count). The van der Waals surface area contributed by atoms with Crippen LogP contribution in [0.4, 0.5) is 34.1 Å². The van der Waals surface area contributed by atoms with Gasteiger partial charge in [0, 0.05) is 67.0 Å². The topological polar surface area (TPSA) is 16.3 Å². The van der Waals surface area contributed by atoms with E-state index in [4.69, 9.17) is 0 Å². The summed E-state index contributed by atoms with van der Waals surface area (Å²) >= 11 is 0. The van der Waals surface area contributed by atoms with Crippen molar-refractivity contribution in [1.29, 1.82) is 0 Å². The van der Waals surface area contributed by atoms with Crippen LogP contribution in [0.3, 0.4) is 0 Å². The molecular weight excluding hydrogens is 1160 g/mol. The molecule has 0 amide bonds. The lowest BCUT2D eigenvalue weighted by Crippen LogP contribution is -2.10. The lowest BCUT2D eigenvalue weighted by Gasteiger charge is -2.26. The highest BCUT2D eigenvalue weighted by Gasteiger charge is 2.19. The zero-order valence-corrected chi connectivity index (χ0v) is 52.6. The minimum Gasteiger partial charge on any atom is -0.311 e. The summed E-state index contributed by atoms with van der Waals surface area (Å²) < 4.78 is 4.75. The van der Waals surface area contributed by atoms with Crippen molar-refractivity contribution in [2.24, 2.45) is 0 Å². The normalized spacial score (nSPS) is 11.5. The van der Waals surface area contributed by atoms with Crippen LogP contribution in [0, 0.1) is 0 Å². The molecule has 4 heteroatoms. The first-order chi connectivity index (χ1) is 47.6. The van der Waals surface area contributed by atoms with Gasteiger partial charge in [0.1, 0.15) is 0 Å². The maximum atomic E-state index is 2.38. The van der Waals surface area contributed by atoms with Gasteiger partial charge in [-0.1, -0.05) is 237 Å². The van der Waals surface area contributed by atoms with Gasteiger partial charge >= 0.3 is 0 Å². The molecule has 0 atom stereocenters. The number of rotatable bonds is 13. The lowest BCUT2D eigenvalue weighted by molar-refractivity contribution is 1.17. The predicted molar refractivity (Wildman–Crippen MR) is 407 cm³/mol. The van der Waals surface area contributed by atoms with Gasteiger partial charge in [0.15, 0.2) is 0 Å². The molecule has 0 aliphatic carbocycles. The average molecular weight is 1220 g/mol. The van der Waals surface area contributed by atoms with Gasteiger partial charge in [-0.15, -0.1) is 0 Å². The fraction of sp³-hybridized carbons (Fsp3) is 0. The molecule has 0 unspecified atom stereocenters. The van der Waals surface area contributed by atoms with Gasteiger partial charge in [0.2, 0.25) is 0 Å². The van der Waals surface area contributed by atoms with Crippen molar-refractivity contribution in [3.05, 3.63) is 376 Å². The van der Waals surface area contributed by atoms with E-state index in [-0.39, 0.29) is 0 Å². The molecule has 0 N–H and O–H groups in total. The summed E-state index contributed by atoms with van der Waals surface area (Å²) in [6.07, 6.45) is 0. The van der Waals surface area contributed by atoms with Crippen LogP contribution in [-0.4, -0.2) is 9.13 Å². The number of para-hydroxylation sites is 4. The van der Waals surface area contributed by atoms with Crippen LogP contribution >= 0.6 is 0 Å². The zero-order valence-electron chi connectivity index (χ0n) is 52.6. The Morgan fingerprint density at radius 3 is 0.844 bits per heavy atom. The van der Waals surface area contributed by atoms with E-state index in [1.165, 1.54) is 98.5 Å². The zero-order chi connectivity index (χ0) is 63.5. The summed E-state index contributed by atoms with van der Waals surface area (Å²) in [5, 5.41) is 9.88. The van der Waals surface area contributed by atoms with Gasteiger partial charge < -0.3 is 18.9 Å². The molecule has 18 aromatic rings. The standard InChI is InChI=1S/C92H62N4/c1-2-15-63(16-3-1)65-35-45-77(46-36-65)93(81-55-57-83(58-56-81)96-91-27-12-8-23-87(91)88-24-9-13-28-92(88)96)78-49-41-69(42-50-78)73-31-32-76-61-74(33-34-75(76)60-73)71-19-14-20-84(62-71)94(80-51-43-68(44-52-80)72-30-29-64-17-4-5-18-70(64)59-72)79-47-37-66(38-48-79)67-39-53-82(54-40-67)95-89-25-10-6-21-85(89)86-22-7-11-26-90(86)95/h1-62H. The highest BCUT2D eigenvalue weighted by molar-refractivity contribution is 6.10. The molecule has 96 heavy (non-hydrogen) atoms. The van der Waals surface area contributed by atoms with E-state index >= 15 is 0 Å². The highest BCUT2D eigenvalue weighted by atomic mass is 15.1. The first-order valence-corrected chi connectivity index (χ1v) is 32.9. The van der Waals surface area contributed by atoms with E-state index in [1.807, 2.05) is 0 Å². The quantitative estimate of drug-likeness (QED) is 0.114. The van der Waals surface area contributed by atoms with Crippen LogP contribution in [0.2, 0.25) is 0 Å². The van der Waals surface area contributed by atoms with E-state index in [0.717, 1.165) is 67.8 Å². The van der Waals surface area contributed by atoms with Gasteiger partial charge in [-0.2, -0.15) is 0 Å². The van der Waals surface area contributed by atoms with Gasteiger partial charge in [-0.05, 0) is 217 Å². The Morgan fingerprint density at radius 2 is 0.417 bits per heavy atom. The first kappa shape index (κ1) is 56.0. The van der Waals surface area contributed by atoms with Crippen LogP contribution in [0.25, 0.3) is 132 Å². The number of benzene rings is 16. The van der Waals surface area contributed by atoms with Gasteiger partial charge in [0.25, 0.3) is 0 Å². The van der Waals surface area contributed by atoms with E-state index < -0.39 is 0 Å². The minimum atomic E-state index is 1.07. The Morgan fingerprint density at radius 1 is 0.156 bits per heavy atom. The van der Waals surface area contributed by atoms with Crippen molar-refractivity contribution in [2.75, 3.05) is 9.80 Å². The fourth-order valence-corrected chi connectivity index (χ4v) is 14.5. The lowest BCUT2D eigenvalue weighted by atomic mass is 9.97. The van der Waals surface area contributed by atoms with Crippen LogP contribution in [0.5, 0.6) is 0 Å². The monoisotopic (exact) mass is 1220 g/mol. The molecule has 0 saturated carbocycles. The molecule has 0 fully saturated rings. The van der Waals surface area contributed by atoms with Crippen LogP contribution in [0.1, 0.15) is 0 Å². The molecule has 16 aromatic carbocycles. The molecule has 0 aliphatic heterocycles. The van der Waals surface area contributed by atoms with E-state index in [9.17, 15) is 0 Å². The number of nitrogens with zero attached hydrogens (tertiary/aromatic N) is 4. The van der Waals surface area contributed by atoms with Crippen molar-refractivity contribution < 1.29 is 0 Å². The number of aromatic nitrogens is 2. The minimum absolute atomic E-state index is 1.07.